The third-order valence-corrected chi connectivity index (χ3v) is 2.61. The Kier molecular flexibility index (Phi) is 4.45. The van der Waals surface area contributed by atoms with Gasteiger partial charge in [-0.2, -0.15) is 4.98 Å². The topological polar surface area (TPSA) is 68.0 Å². The second-order valence-corrected chi connectivity index (χ2v) is 4.87. The van der Waals surface area contributed by atoms with Crippen LogP contribution in [-0.4, -0.2) is 16.0 Å². The first kappa shape index (κ1) is 14.2. The maximum atomic E-state index is 13.6. The van der Waals surface area contributed by atoms with Gasteiger partial charge in [0.1, 0.15) is 5.82 Å². The van der Waals surface area contributed by atoms with E-state index in [2.05, 4.69) is 15.5 Å². The monoisotopic (exact) mass is 277 g/mol. The number of nitrogens with one attached hydrogen (secondary N) is 1. The van der Waals surface area contributed by atoms with Crippen LogP contribution in [0.25, 0.3) is 11.4 Å². The van der Waals surface area contributed by atoms with E-state index in [1.54, 1.807) is 18.2 Å². The first-order chi connectivity index (χ1) is 9.56. The van der Waals surface area contributed by atoms with E-state index in [4.69, 9.17) is 4.52 Å². The van der Waals surface area contributed by atoms with Crippen LogP contribution in [0.1, 0.15) is 26.2 Å². The molecular formula is C14H16FN3O2. The highest BCUT2D eigenvalue weighted by atomic mass is 19.1. The molecule has 1 heterocycles. The van der Waals surface area contributed by atoms with E-state index in [0.29, 0.717) is 6.42 Å². The van der Waals surface area contributed by atoms with Crippen molar-refractivity contribution in [3.8, 4) is 11.4 Å². The van der Waals surface area contributed by atoms with Gasteiger partial charge >= 0.3 is 0 Å². The molecule has 106 valence electrons. The Morgan fingerprint density at radius 2 is 2.15 bits per heavy atom. The Hall–Kier alpha value is -2.24. The van der Waals surface area contributed by atoms with Gasteiger partial charge in [-0.25, -0.2) is 4.39 Å². The molecule has 0 spiro atoms. The smallest absolute Gasteiger partial charge is 0.246 e. The van der Waals surface area contributed by atoms with Crippen molar-refractivity contribution in [2.24, 2.45) is 5.92 Å². The highest BCUT2D eigenvalue weighted by molar-refractivity contribution is 5.75. The zero-order valence-electron chi connectivity index (χ0n) is 11.4. The van der Waals surface area contributed by atoms with Gasteiger partial charge in [0.2, 0.25) is 17.6 Å². The van der Waals surface area contributed by atoms with Crippen LogP contribution in [0.3, 0.4) is 0 Å². The molecule has 0 atom stereocenters. The number of aromatic nitrogens is 2. The average Bonchev–Trinajstić information content (AvgIpc) is 2.85. The average molecular weight is 277 g/mol. The molecule has 0 fully saturated rings. The lowest BCUT2D eigenvalue weighted by molar-refractivity contribution is -0.122. The Balaban J connectivity index is 2.00. The number of hydrogen-bond donors (Lipinski definition) is 1. The molecule has 20 heavy (non-hydrogen) atoms. The van der Waals surface area contributed by atoms with Crippen molar-refractivity contribution >= 4 is 5.91 Å². The molecule has 2 aromatic rings. The Morgan fingerprint density at radius 3 is 2.85 bits per heavy atom. The number of benzene rings is 1. The van der Waals surface area contributed by atoms with Crippen LogP contribution >= 0.6 is 0 Å². The molecule has 2 rings (SSSR count). The molecule has 0 aliphatic heterocycles. The van der Waals surface area contributed by atoms with Crippen molar-refractivity contribution in [3.05, 3.63) is 36.0 Å². The van der Waals surface area contributed by atoms with Crippen LogP contribution in [0, 0.1) is 11.7 Å². The van der Waals surface area contributed by atoms with Crippen LogP contribution in [0.5, 0.6) is 0 Å². The summed E-state index contributed by atoms with van der Waals surface area (Å²) in [6.07, 6.45) is 0.439. The number of carbonyl (C=O) groups is 1. The van der Waals surface area contributed by atoms with Gasteiger partial charge in [0.05, 0.1) is 12.1 Å². The van der Waals surface area contributed by atoms with E-state index >= 15 is 0 Å². The molecule has 1 aromatic heterocycles. The molecule has 0 bridgehead atoms. The maximum absolute atomic E-state index is 13.6. The fourth-order valence-electron chi connectivity index (χ4n) is 1.70. The summed E-state index contributed by atoms with van der Waals surface area (Å²) in [5, 5.41) is 6.39. The second-order valence-electron chi connectivity index (χ2n) is 4.87. The van der Waals surface area contributed by atoms with E-state index in [-0.39, 0.29) is 35.6 Å². The molecule has 0 aliphatic rings. The van der Waals surface area contributed by atoms with Crippen molar-refractivity contribution in [2.75, 3.05) is 0 Å². The predicted octanol–water partition coefficient (Wildman–Crippen LogP) is 2.54. The predicted molar refractivity (Wildman–Crippen MR) is 71.0 cm³/mol. The second kappa shape index (κ2) is 6.27. The Bertz CT molecular complexity index is 596. The SMILES string of the molecule is CC(C)CC(=O)NCc1nc(-c2ccccc2F)no1. The lowest BCUT2D eigenvalue weighted by Gasteiger charge is -2.04. The number of hydrogen-bond acceptors (Lipinski definition) is 4. The van der Waals surface area contributed by atoms with Gasteiger partial charge in [-0.15, -0.1) is 0 Å². The lowest BCUT2D eigenvalue weighted by atomic mass is 10.1. The highest BCUT2D eigenvalue weighted by Gasteiger charge is 2.13. The van der Waals surface area contributed by atoms with Crippen molar-refractivity contribution in [1.82, 2.24) is 15.5 Å². The van der Waals surface area contributed by atoms with E-state index in [1.165, 1.54) is 6.07 Å². The van der Waals surface area contributed by atoms with Crippen molar-refractivity contribution < 1.29 is 13.7 Å². The van der Waals surface area contributed by atoms with Gasteiger partial charge < -0.3 is 9.84 Å². The minimum Gasteiger partial charge on any atom is -0.347 e. The standard InChI is InChI=1S/C14H16FN3O2/c1-9(2)7-12(19)16-8-13-17-14(18-20-13)10-5-3-4-6-11(10)15/h3-6,9H,7-8H2,1-2H3,(H,16,19). The summed E-state index contributed by atoms with van der Waals surface area (Å²) in [6.45, 7) is 4.07. The molecule has 1 N–H and O–H groups in total. The molecule has 6 heteroatoms. The molecule has 0 unspecified atom stereocenters. The van der Waals surface area contributed by atoms with Gasteiger partial charge in [-0.3, -0.25) is 4.79 Å². The molecule has 5 nitrogen and oxygen atoms in total. The normalized spacial score (nSPS) is 10.8. The maximum Gasteiger partial charge on any atom is 0.246 e. The van der Waals surface area contributed by atoms with E-state index in [1.807, 2.05) is 13.8 Å². The van der Waals surface area contributed by atoms with Crippen molar-refractivity contribution in [1.29, 1.82) is 0 Å². The van der Waals surface area contributed by atoms with Crippen LogP contribution < -0.4 is 5.32 Å². The quantitative estimate of drug-likeness (QED) is 0.912. The molecule has 0 aliphatic carbocycles. The summed E-state index contributed by atoms with van der Waals surface area (Å²) < 4.78 is 18.5. The first-order valence-electron chi connectivity index (χ1n) is 6.40. The summed E-state index contributed by atoms with van der Waals surface area (Å²) in [5.74, 6) is 0.220. The van der Waals surface area contributed by atoms with Crippen LogP contribution in [0.4, 0.5) is 4.39 Å². The molecule has 1 amide bonds. The zero-order valence-corrected chi connectivity index (χ0v) is 11.4. The summed E-state index contributed by atoms with van der Waals surface area (Å²) in [7, 11) is 0. The van der Waals surface area contributed by atoms with Crippen LogP contribution in [0.15, 0.2) is 28.8 Å². The number of amides is 1. The van der Waals surface area contributed by atoms with E-state index < -0.39 is 5.82 Å². The van der Waals surface area contributed by atoms with Crippen LogP contribution in [-0.2, 0) is 11.3 Å². The number of nitrogens with zero attached hydrogens (tertiary/aromatic N) is 2. The molecule has 0 radical (unpaired) electrons. The summed E-state index contributed by atoms with van der Waals surface area (Å²) in [4.78, 5) is 15.6. The van der Waals surface area contributed by atoms with Crippen LogP contribution in [0.2, 0.25) is 0 Å². The summed E-state index contributed by atoms with van der Waals surface area (Å²) >= 11 is 0. The third kappa shape index (κ3) is 3.63. The van der Waals surface area contributed by atoms with E-state index in [0.717, 1.165) is 0 Å². The number of carbonyl (C=O) groups excluding carboxylic acids is 1. The fraction of sp³-hybridized carbons (Fsp3) is 0.357. The largest absolute Gasteiger partial charge is 0.347 e. The molecule has 1 aromatic carbocycles. The van der Waals surface area contributed by atoms with Gasteiger partial charge in [-0.05, 0) is 18.1 Å². The fourth-order valence-corrected chi connectivity index (χ4v) is 1.70. The third-order valence-electron chi connectivity index (χ3n) is 2.61. The number of halogens is 1. The van der Waals surface area contributed by atoms with Gasteiger partial charge in [0.25, 0.3) is 0 Å². The summed E-state index contributed by atoms with van der Waals surface area (Å²) in [5.41, 5.74) is 0.274. The zero-order chi connectivity index (χ0) is 14.5. The molecule has 0 saturated heterocycles. The van der Waals surface area contributed by atoms with Gasteiger partial charge in [-0.1, -0.05) is 31.1 Å². The summed E-state index contributed by atoms with van der Waals surface area (Å²) in [6, 6.07) is 6.18. The molecular weight excluding hydrogens is 261 g/mol. The van der Waals surface area contributed by atoms with Crippen molar-refractivity contribution in [3.63, 3.8) is 0 Å². The Morgan fingerprint density at radius 1 is 1.40 bits per heavy atom. The van der Waals surface area contributed by atoms with Crippen molar-refractivity contribution in [2.45, 2.75) is 26.8 Å². The van der Waals surface area contributed by atoms with Gasteiger partial charge in [0.15, 0.2) is 0 Å². The van der Waals surface area contributed by atoms with E-state index in [9.17, 15) is 9.18 Å². The minimum atomic E-state index is -0.413. The minimum absolute atomic E-state index is 0.0781. The van der Waals surface area contributed by atoms with Gasteiger partial charge in [0, 0.05) is 6.42 Å². The number of rotatable bonds is 5. The first-order valence-corrected chi connectivity index (χ1v) is 6.40. The lowest BCUT2D eigenvalue weighted by Crippen LogP contribution is -2.24. The highest BCUT2D eigenvalue weighted by Crippen LogP contribution is 2.18. The molecule has 0 saturated carbocycles. The Labute approximate surface area is 116 Å².